The van der Waals surface area contributed by atoms with Crippen LogP contribution in [0.1, 0.15) is 34.5 Å². The van der Waals surface area contributed by atoms with Crippen LogP contribution in [-0.4, -0.2) is 25.1 Å². The van der Waals surface area contributed by atoms with Crippen molar-refractivity contribution < 1.29 is 14.3 Å². The van der Waals surface area contributed by atoms with Crippen molar-refractivity contribution in [2.45, 2.75) is 25.7 Å². The van der Waals surface area contributed by atoms with Crippen LogP contribution in [-0.2, 0) is 12.8 Å². The predicted octanol–water partition coefficient (Wildman–Crippen LogP) is 4.32. The molecule has 0 aliphatic heterocycles. The maximum atomic E-state index is 12.6. The molecule has 5 heteroatoms. The van der Waals surface area contributed by atoms with Gasteiger partial charge in [0.2, 0.25) is 0 Å². The zero-order valence-electron chi connectivity index (χ0n) is 15.0. The summed E-state index contributed by atoms with van der Waals surface area (Å²) in [6.07, 6.45) is 4.67. The van der Waals surface area contributed by atoms with E-state index >= 15 is 0 Å². The van der Waals surface area contributed by atoms with Gasteiger partial charge in [-0.1, -0.05) is 0 Å². The summed E-state index contributed by atoms with van der Waals surface area (Å²) in [5.41, 5.74) is 5.20. The number of hydrogen-bond donors (Lipinski definition) is 2. The average molecular weight is 350 g/mol. The van der Waals surface area contributed by atoms with Crippen LogP contribution in [0.5, 0.6) is 11.5 Å². The number of fused-ring (bicyclic) bond motifs is 3. The number of hydrogen-bond acceptors (Lipinski definition) is 3. The van der Waals surface area contributed by atoms with Crippen molar-refractivity contribution in [1.82, 2.24) is 4.98 Å². The summed E-state index contributed by atoms with van der Waals surface area (Å²) in [6.45, 7) is 0. The summed E-state index contributed by atoms with van der Waals surface area (Å²) >= 11 is 0. The number of aromatic amines is 1. The quantitative estimate of drug-likeness (QED) is 0.737. The first-order valence-electron chi connectivity index (χ1n) is 8.86. The Morgan fingerprint density at radius 3 is 2.62 bits per heavy atom. The second-order valence-corrected chi connectivity index (χ2v) is 6.57. The van der Waals surface area contributed by atoms with Crippen LogP contribution in [0.4, 0.5) is 5.69 Å². The highest BCUT2D eigenvalue weighted by atomic mass is 16.5. The first kappa shape index (κ1) is 16.5. The van der Waals surface area contributed by atoms with Gasteiger partial charge in [0, 0.05) is 27.8 Å². The summed E-state index contributed by atoms with van der Waals surface area (Å²) in [4.78, 5) is 16.1. The monoisotopic (exact) mass is 350 g/mol. The van der Waals surface area contributed by atoms with Crippen LogP contribution >= 0.6 is 0 Å². The molecule has 2 aromatic carbocycles. The van der Waals surface area contributed by atoms with Crippen LogP contribution in [0.2, 0.25) is 0 Å². The number of methoxy groups -OCH3 is 2. The number of H-pyrrole nitrogens is 1. The topological polar surface area (TPSA) is 63.3 Å². The van der Waals surface area contributed by atoms with Crippen molar-refractivity contribution in [2.75, 3.05) is 19.5 Å². The van der Waals surface area contributed by atoms with E-state index in [4.69, 9.17) is 9.47 Å². The van der Waals surface area contributed by atoms with Gasteiger partial charge in [-0.15, -0.1) is 0 Å². The molecular formula is C21H22N2O3. The molecule has 0 spiro atoms. The minimum Gasteiger partial charge on any atom is -0.493 e. The summed E-state index contributed by atoms with van der Waals surface area (Å²) in [6, 6.07) is 11.2. The minimum absolute atomic E-state index is 0.172. The summed E-state index contributed by atoms with van der Waals surface area (Å²) in [5, 5.41) is 4.20. The molecule has 1 heterocycles. The zero-order chi connectivity index (χ0) is 18.1. The van der Waals surface area contributed by atoms with Gasteiger partial charge in [-0.3, -0.25) is 4.79 Å². The number of aromatic nitrogens is 1. The van der Waals surface area contributed by atoms with E-state index in [1.165, 1.54) is 29.5 Å². The highest BCUT2D eigenvalue weighted by Gasteiger charge is 2.16. The van der Waals surface area contributed by atoms with Crippen molar-refractivity contribution >= 4 is 22.5 Å². The van der Waals surface area contributed by atoms with Gasteiger partial charge in [0.15, 0.2) is 11.5 Å². The third kappa shape index (κ3) is 2.90. The van der Waals surface area contributed by atoms with Gasteiger partial charge in [0.1, 0.15) is 0 Å². The summed E-state index contributed by atoms with van der Waals surface area (Å²) in [7, 11) is 3.13. The number of aryl methyl sites for hydroxylation is 2. The first-order valence-corrected chi connectivity index (χ1v) is 8.86. The van der Waals surface area contributed by atoms with Crippen molar-refractivity contribution in [3.63, 3.8) is 0 Å². The molecule has 5 nitrogen and oxygen atoms in total. The van der Waals surface area contributed by atoms with Gasteiger partial charge in [-0.25, -0.2) is 0 Å². The molecule has 1 aliphatic rings. The lowest BCUT2D eigenvalue weighted by Gasteiger charge is -2.11. The minimum atomic E-state index is -0.172. The third-order valence-corrected chi connectivity index (χ3v) is 5.00. The number of rotatable bonds is 4. The SMILES string of the molecule is COc1ccc(C(=O)Nc2ccc3[nH]c4c(c3c2)CCCC4)cc1OC. The normalized spacial score (nSPS) is 13.3. The number of anilines is 1. The Kier molecular flexibility index (Phi) is 4.29. The first-order chi connectivity index (χ1) is 12.7. The van der Waals surface area contributed by atoms with Crippen molar-refractivity contribution in [1.29, 1.82) is 0 Å². The van der Waals surface area contributed by atoms with Crippen LogP contribution in [0.25, 0.3) is 10.9 Å². The van der Waals surface area contributed by atoms with Crippen molar-refractivity contribution in [2.24, 2.45) is 0 Å². The molecule has 4 rings (SSSR count). The van der Waals surface area contributed by atoms with E-state index in [1.807, 2.05) is 12.1 Å². The number of carbonyl (C=O) groups is 1. The van der Waals surface area contributed by atoms with Gasteiger partial charge >= 0.3 is 0 Å². The maximum Gasteiger partial charge on any atom is 0.255 e. The van der Waals surface area contributed by atoms with E-state index in [2.05, 4.69) is 16.4 Å². The molecule has 0 atom stereocenters. The smallest absolute Gasteiger partial charge is 0.255 e. The average Bonchev–Trinajstić information content (AvgIpc) is 3.05. The van der Waals surface area contributed by atoms with Gasteiger partial charge in [-0.05, 0) is 67.6 Å². The molecule has 0 saturated carbocycles. The lowest BCUT2D eigenvalue weighted by molar-refractivity contribution is 0.102. The van der Waals surface area contributed by atoms with Crippen molar-refractivity contribution in [3.05, 3.63) is 53.2 Å². The van der Waals surface area contributed by atoms with Gasteiger partial charge < -0.3 is 19.8 Å². The summed E-state index contributed by atoms with van der Waals surface area (Å²) < 4.78 is 10.5. The number of ether oxygens (including phenoxy) is 2. The Labute approximate surface area is 152 Å². The number of benzene rings is 2. The molecule has 26 heavy (non-hydrogen) atoms. The molecule has 1 amide bonds. The lowest BCUT2D eigenvalue weighted by atomic mass is 9.95. The molecule has 3 aromatic rings. The Bertz CT molecular complexity index is 975. The largest absolute Gasteiger partial charge is 0.493 e. The highest BCUT2D eigenvalue weighted by Crippen LogP contribution is 2.31. The van der Waals surface area contributed by atoms with Crippen molar-refractivity contribution in [3.8, 4) is 11.5 Å². The van der Waals surface area contributed by atoms with Crippen LogP contribution in [0, 0.1) is 0 Å². The number of carbonyl (C=O) groups excluding carboxylic acids is 1. The second kappa shape index (κ2) is 6.75. The molecule has 0 saturated heterocycles. The Balaban J connectivity index is 1.61. The Hall–Kier alpha value is -2.95. The maximum absolute atomic E-state index is 12.6. The molecule has 0 bridgehead atoms. The van der Waals surface area contributed by atoms with E-state index in [-0.39, 0.29) is 5.91 Å². The van der Waals surface area contributed by atoms with E-state index in [1.54, 1.807) is 32.4 Å². The fourth-order valence-corrected chi connectivity index (χ4v) is 3.66. The fraction of sp³-hybridized carbons (Fsp3) is 0.286. The molecular weight excluding hydrogens is 328 g/mol. The van der Waals surface area contributed by atoms with E-state index < -0.39 is 0 Å². The van der Waals surface area contributed by atoms with E-state index in [0.717, 1.165) is 24.0 Å². The molecule has 134 valence electrons. The van der Waals surface area contributed by atoms with Crippen LogP contribution in [0.3, 0.4) is 0 Å². The van der Waals surface area contributed by atoms with Gasteiger partial charge in [0.25, 0.3) is 5.91 Å². The van der Waals surface area contributed by atoms with Gasteiger partial charge in [0.05, 0.1) is 14.2 Å². The number of amides is 1. The standard InChI is InChI=1S/C21H22N2O3/c1-25-19-10-7-13(11-20(19)26-2)21(24)22-14-8-9-18-16(12-14)15-5-3-4-6-17(15)23-18/h7-12,23H,3-6H2,1-2H3,(H,22,24). The van der Waals surface area contributed by atoms with E-state index in [0.29, 0.717) is 17.1 Å². The molecule has 0 radical (unpaired) electrons. The van der Waals surface area contributed by atoms with Gasteiger partial charge in [-0.2, -0.15) is 0 Å². The lowest BCUT2D eigenvalue weighted by Crippen LogP contribution is -2.12. The fourth-order valence-electron chi connectivity index (χ4n) is 3.66. The zero-order valence-corrected chi connectivity index (χ0v) is 15.0. The highest BCUT2D eigenvalue weighted by molar-refractivity contribution is 6.05. The third-order valence-electron chi connectivity index (χ3n) is 5.00. The number of nitrogens with one attached hydrogen (secondary N) is 2. The summed E-state index contributed by atoms with van der Waals surface area (Å²) in [5.74, 6) is 0.967. The second-order valence-electron chi connectivity index (χ2n) is 6.57. The molecule has 1 aliphatic carbocycles. The predicted molar refractivity (Wildman–Crippen MR) is 102 cm³/mol. The Morgan fingerprint density at radius 2 is 1.81 bits per heavy atom. The van der Waals surface area contributed by atoms with Crippen LogP contribution in [0.15, 0.2) is 36.4 Å². The molecule has 0 unspecified atom stereocenters. The van der Waals surface area contributed by atoms with E-state index in [9.17, 15) is 4.79 Å². The van der Waals surface area contributed by atoms with Crippen LogP contribution < -0.4 is 14.8 Å². The Morgan fingerprint density at radius 1 is 1.00 bits per heavy atom. The molecule has 0 fully saturated rings. The molecule has 2 N–H and O–H groups in total. The molecule has 1 aromatic heterocycles.